The quantitative estimate of drug-likeness (QED) is 0.552. The Labute approximate surface area is 173 Å². The maximum absolute atomic E-state index is 13.0. The number of hydrogen-bond donors (Lipinski definition) is 2. The molecule has 0 aromatic heterocycles. The van der Waals surface area contributed by atoms with Gasteiger partial charge < -0.3 is 5.32 Å². The van der Waals surface area contributed by atoms with Crippen LogP contribution in [0.5, 0.6) is 0 Å². The average Bonchev–Trinajstić information content (AvgIpc) is 2.72. The van der Waals surface area contributed by atoms with Crippen molar-refractivity contribution in [1.82, 2.24) is 9.62 Å². The maximum atomic E-state index is 13.0. The summed E-state index contributed by atoms with van der Waals surface area (Å²) in [6.45, 7) is 9.25. The van der Waals surface area contributed by atoms with Gasteiger partial charge >= 0.3 is 0 Å². The predicted octanol–water partition coefficient (Wildman–Crippen LogP) is 3.31. The fourth-order valence-electron chi connectivity index (χ4n) is 3.10. The van der Waals surface area contributed by atoms with Crippen LogP contribution in [-0.4, -0.2) is 38.9 Å². The Bertz CT molecular complexity index is 893. The largest absolute Gasteiger partial charge is 0.324 e. The van der Waals surface area contributed by atoms with Crippen LogP contribution >= 0.6 is 0 Å². The molecule has 0 fully saturated rings. The highest BCUT2D eigenvalue weighted by Gasteiger charge is 2.25. The van der Waals surface area contributed by atoms with E-state index in [4.69, 9.17) is 0 Å². The molecule has 0 bridgehead atoms. The van der Waals surface area contributed by atoms with Crippen molar-refractivity contribution in [2.24, 2.45) is 0 Å². The molecule has 7 heteroatoms. The Balaban J connectivity index is 2.12. The molecule has 0 radical (unpaired) electrons. The minimum absolute atomic E-state index is 0.118. The first-order valence-electron chi connectivity index (χ1n) is 9.67. The van der Waals surface area contributed by atoms with Crippen LogP contribution in [0.1, 0.15) is 31.0 Å². The third-order valence-corrected chi connectivity index (χ3v) is 5.89. The van der Waals surface area contributed by atoms with Gasteiger partial charge in [0, 0.05) is 12.2 Å². The molecule has 2 aromatic carbocycles. The lowest BCUT2D eigenvalue weighted by Gasteiger charge is -2.29. The molecule has 0 aliphatic rings. The van der Waals surface area contributed by atoms with Crippen molar-refractivity contribution in [2.45, 2.75) is 25.6 Å². The minimum atomic E-state index is -3.42. The maximum Gasteiger partial charge on any atom is 0.246 e. The van der Waals surface area contributed by atoms with Gasteiger partial charge in [0.25, 0.3) is 0 Å². The highest BCUT2D eigenvalue weighted by atomic mass is 32.2. The van der Waals surface area contributed by atoms with Gasteiger partial charge in [-0.2, -0.15) is 0 Å². The topological polar surface area (TPSA) is 78.5 Å². The van der Waals surface area contributed by atoms with Crippen LogP contribution in [0.25, 0.3) is 0 Å². The Kier molecular flexibility index (Phi) is 8.57. The van der Waals surface area contributed by atoms with E-state index < -0.39 is 16.1 Å². The van der Waals surface area contributed by atoms with E-state index in [0.717, 1.165) is 18.7 Å². The molecule has 0 saturated carbocycles. The summed E-state index contributed by atoms with van der Waals surface area (Å²) >= 11 is 0. The summed E-state index contributed by atoms with van der Waals surface area (Å²) in [5.74, 6) is -0.242. The molecule has 0 saturated heterocycles. The molecule has 1 amide bonds. The first kappa shape index (κ1) is 22.8. The second-order valence-corrected chi connectivity index (χ2v) is 8.42. The van der Waals surface area contributed by atoms with Gasteiger partial charge in [0.05, 0.1) is 5.75 Å². The summed E-state index contributed by atoms with van der Waals surface area (Å²) < 4.78 is 26.4. The number of anilines is 1. The van der Waals surface area contributed by atoms with E-state index in [1.54, 1.807) is 24.3 Å². The Morgan fingerprint density at radius 3 is 2.24 bits per heavy atom. The molecule has 2 N–H and O–H groups in total. The number of sulfonamides is 1. The van der Waals surface area contributed by atoms with Crippen molar-refractivity contribution in [3.63, 3.8) is 0 Å². The number of benzene rings is 2. The number of carbonyl (C=O) groups excluding carboxylic acids is 1. The zero-order valence-corrected chi connectivity index (χ0v) is 17.8. The van der Waals surface area contributed by atoms with Crippen LogP contribution < -0.4 is 10.0 Å². The van der Waals surface area contributed by atoms with Crippen molar-refractivity contribution < 1.29 is 13.2 Å². The number of rotatable bonds is 11. The molecule has 6 nitrogen and oxygen atoms in total. The number of nitrogens with zero attached hydrogens (tertiary/aromatic N) is 1. The van der Waals surface area contributed by atoms with E-state index in [1.807, 2.05) is 44.2 Å². The molecular weight excluding hydrogens is 386 g/mol. The van der Waals surface area contributed by atoms with E-state index in [1.165, 1.54) is 6.08 Å². The molecule has 1 unspecified atom stereocenters. The van der Waals surface area contributed by atoms with Gasteiger partial charge in [0.1, 0.15) is 6.04 Å². The number of carbonyl (C=O) groups is 1. The smallest absolute Gasteiger partial charge is 0.246 e. The van der Waals surface area contributed by atoms with Crippen molar-refractivity contribution in [3.05, 3.63) is 78.4 Å². The van der Waals surface area contributed by atoms with Gasteiger partial charge in [-0.1, -0.05) is 62.4 Å². The zero-order valence-electron chi connectivity index (χ0n) is 17.0. The van der Waals surface area contributed by atoms with Gasteiger partial charge in [-0.25, -0.2) is 13.1 Å². The average molecular weight is 416 g/mol. The zero-order chi connectivity index (χ0) is 21.3. The van der Waals surface area contributed by atoms with E-state index in [2.05, 4.69) is 21.5 Å². The standard InChI is InChI=1S/C22H29N3O3S/c1-4-16-23-29(27,28)17-18-12-14-20(15-13-18)24-22(26)21(25(5-2)6-3)19-10-8-7-9-11-19/h4,7-15,21,23H,1,5-6,16-17H2,2-3H3,(H,24,26). The second kappa shape index (κ2) is 10.9. The summed E-state index contributed by atoms with van der Waals surface area (Å²) in [4.78, 5) is 15.1. The van der Waals surface area contributed by atoms with Gasteiger partial charge in [-0.3, -0.25) is 9.69 Å². The van der Waals surface area contributed by atoms with Gasteiger partial charge in [-0.05, 0) is 36.3 Å². The normalized spacial score (nSPS) is 12.5. The molecule has 156 valence electrons. The lowest BCUT2D eigenvalue weighted by Crippen LogP contribution is -2.37. The summed E-state index contributed by atoms with van der Waals surface area (Å²) in [6.07, 6.45) is 1.50. The predicted molar refractivity (Wildman–Crippen MR) is 118 cm³/mol. The lowest BCUT2D eigenvalue weighted by atomic mass is 10.0. The molecular formula is C22H29N3O3S. The van der Waals surface area contributed by atoms with Crippen LogP contribution in [-0.2, 0) is 20.6 Å². The van der Waals surface area contributed by atoms with Gasteiger partial charge in [0.15, 0.2) is 0 Å². The summed E-state index contributed by atoms with van der Waals surface area (Å²) in [5.41, 5.74) is 2.20. The van der Waals surface area contributed by atoms with E-state index in [-0.39, 0.29) is 18.2 Å². The third-order valence-electron chi connectivity index (χ3n) is 4.57. The van der Waals surface area contributed by atoms with Crippen molar-refractivity contribution >= 4 is 21.6 Å². The molecule has 0 heterocycles. The fourth-order valence-corrected chi connectivity index (χ4v) is 4.21. The number of hydrogen-bond acceptors (Lipinski definition) is 4. The highest BCUT2D eigenvalue weighted by Crippen LogP contribution is 2.23. The van der Waals surface area contributed by atoms with Crippen LogP contribution in [0.2, 0.25) is 0 Å². The Morgan fingerprint density at radius 1 is 1.07 bits per heavy atom. The van der Waals surface area contributed by atoms with Crippen LogP contribution in [0.15, 0.2) is 67.3 Å². The minimum Gasteiger partial charge on any atom is -0.324 e. The number of likely N-dealkylation sites (N-methyl/N-ethyl adjacent to an activating group) is 1. The molecule has 2 aromatic rings. The van der Waals surface area contributed by atoms with Crippen LogP contribution in [0, 0.1) is 0 Å². The van der Waals surface area contributed by atoms with Crippen molar-refractivity contribution in [1.29, 1.82) is 0 Å². The first-order chi connectivity index (χ1) is 13.9. The molecule has 2 rings (SSSR count). The van der Waals surface area contributed by atoms with Crippen molar-refractivity contribution in [2.75, 3.05) is 25.0 Å². The molecule has 0 aliphatic heterocycles. The lowest BCUT2D eigenvalue weighted by molar-refractivity contribution is -0.121. The SMILES string of the molecule is C=CCNS(=O)(=O)Cc1ccc(NC(=O)C(c2ccccc2)N(CC)CC)cc1. The van der Waals surface area contributed by atoms with E-state index in [0.29, 0.717) is 11.3 Å². The van der Waals surface area contributed by atoms with Gasteiger partial charge in [0.2, 0.25) is 15.9 Å². The van der Waals surface area contributed by atoms with Gasteiger partial charge in [-0.15, -0.1) is 6.58 Å². The molecule has 0 aliphatic carbocycles. The molecule has 29 heavy (non-hydrogen) atoms. The number of nitrogens with one attached hydrogen (secondary N) is 2. The summed E-state index contributed by atoms with van der Waals surface area (Å²) in [6, 6.07) is 16.1. The Morgan fingerprint density at radius 2 is 1.69 bits per heavy atom. The van der Waals surface area contributed by atoms with Crippen molar-refractivity contribution in [3.8, 4) is 0 Å². The first-order valence-corrected chi connectivity index (χ1v) is 11.3. The Hall–Kier alpha value is -2.48. The monoisotopic (exact) mass is 415 g/mol. The summed E-state index contributed by atoms with van der Waals surface area (Å²) in [5, 5.41) is 2.96. The number of amides is 1. The molecule has 0 spiro atoms. The van der Waals surface area contributed by atoms with Crippen LogP contribution in [0.4, 0.5) is 5.69 Å². The summed E-state index contributed by atoms with van der Waals surface area (Å²) in [7, 11) is -3.42. The van der Waals surface area contributed by atoms with Crippen LogP contribution in [0.3, 0.4) is 0 Å². The second-order valence-electron chi connectivity index (χ2n) is 6.62. The highest BCUT2D eigenvalue weighted by molar-refractivity contribution is 7.88. The van der Waals surface area contributed by atoms with E-state index >= 15 is 0 Å². The van der Waals surface area contributed by atoms with E-state index in [9.17, 15) is 13.2 Å². The fraction of sp³-hybridized carbons (Fsp3) is 0.318. The third kappa shape index (κ3) is 6.81. The molecule has 1 atom stereocenters.